The second kappa shape index (κ2) is 5.18. The number of fused-ring (bicyclic) bond motifs is 2. The number of benzene rings is 1. The predicted octanol–water partition coefficient (Wildman–Crippen LogP) is 4.40. The molecule has 0 bridgehead atoms. The number of aromatic nitrogens is 2. The number of aromatic amines is 1. The van der Waals surface area contributed by atoms with Crippen molar-refractivity contribution in [3.63, 3.8) is 0 Å². The Hall–Kier alpha value is -0.720. The highest BCUT2D eigenvalue weighted by atomic mass is 79.9. The van der Waals surface area contributed by atoms with E-state index < -0.39 is 0 Å². The predicted molar refractivity (Wildman–Crippen MR) is 87.6 cm³/mol. The van der Waals surface area contributed by atoms with Crippen molar-refractivity contribution in [1.29, 1.82) is 0 Å². The molecule has 2 unspecified atom stereocenters. The maximum atomic E-state index is 13.9. The third-order valence-electron chi connectivity index (χ3n) is 4.91. The summed E-state index contributed by atoms with van der Waals surface area (Å²) in [4.78, 5) is 5.80. The van der Waals surface area contributed by atoms with Crippen molar-refractivity contribution in [3.05, 3.63) is 27.2 Å². The van der Waals surface area contributed by atoms with Crippen LogP contribution in [0.5, 0.6) is 0 Å². The first-order chi connectivity index (χ1) is 10.1. The lowest BCUT2D eigenvalue weighted by molar-refractivity contribution is 0.174. The highest BCUT2D eigenvalue weighted by Gasteiger charge is 2.37. The summed E-state index contributed by atoms with van der Waals surface area (Å²) >= 11 is 8.76. The average molecular weight is 370 g/mol. The molecule has 0 radical (unpaired) electrons. The smallest absolute Gasteiger partial charge is 0.178 e. The van der Waals surface area contributed by atoms with Crippen molar-refractivity contribution in [2.45, 2.75) is 37.8 Å². The van der Waals surface area contributed by atoms with Crippen LogP contribution in [0.25, 0.3) is 11.0 Å². The van der Waals surface area contributed by atoms with Gasteiger partial charge in [-0.1, -0.05) is 6.42 Å². The van der Waals surface area contributed by atoms with Crippen LogP contribution in [-0.4, -0.2) is 33.6 Å². The molecular weight excluding hydrogens is 353 g/mol. The molecule has 2 saturated heterocycles. The van der Waals surface area contributed by atoms with Crippen molar-refractivity contribution in [2.75, 3.05) is 13.1 Å². The fraction of sp³-hybridized carbons (Fsp3) is 0.533. The zero-order chi connectivity index (χ0) is 14.6. The Morgan fingerprint density at radius 2 is 2.05 bits per heavy atom. The first kappa shape index (κ1) is 13.9. The van der Waals surface area contributed by atoms with E-state index >= 15 is 0 Å². The Morgan fingerprint density at radius 1 is 1.19 bits per heavy atom. The van der Waals surface area contributed by atoms with Gasteiger partial charge >= 0.3 is 0 Å². The van der Waals surface area contributed by atoms with Gasteiger partial charge in [-0.15, -0.1) is 0 Å². The van der Waals surface area contributed by atoms with Crippen molar-refractivity contribution >= 4 is 39.2 Å². The fourth-order valence-corrected chi connectivity index (χ4v) is 4.66. The van der Waals surface area contributed by atoms with Gasteiger partial charge in [-0.25, -0.2) is 4.39 Å². The lowest BCUT2D eigenvalue weighted by Crippen LogP contribution is -2.37. The number of H-pyrrole nitrogens is 1. The van der Waals surface area contributed by atoms with E-state index in [2.05, 4.69) is 30.4 Å². The molecule has 0 spiro atoms. The van der Waals surface area contributed by atoms with Crippen LogP contribution in [-0.2, 0) is 0 Å². The van der Waals surface area contributed by atoms with Crippen LogP contribution in [0.3, 0.4) is 0 Å². The molecule has 112 valence electrons. The highest BCUT2D eigenvalue weighted by Crippen LogP contribution is 2.37. The topological polar surface area (TPSA) is 24.0 Å². The van der Waals surface area contributed by atoms with Crippen LogP contribution in [0.4, 0.5) is 4.39 Å². The van der Waals surface area contributed by atoms with Crippen molar-refractivity contribution < 1.29 is 4.39 Å². The quantitative estimate of drug-likeness (QED) is 0.753. The number of imidazole rings is 1. The van der Waals surface area contributed by atoms with Gasteiger partial charge in [0.1, 0.15) is 5.82 Å². The second-order valence-electron chi connectivity index (χ2n) is 6.04. The zero-order valence-electron chi connectivity index (χ0n) is 11.6. The Morgan fingerprint density at radius 3 is 2.90 bits per heavy atom. The number of rotatable bonds is 1. The standard InChI is InChI=1S/C15H17BrFN3S/c16-9-7-11-14(8-10(9)17)20(15(21)18-11)13-4-6-19-5-2-1-3-12(13)19/h7-8,12-13H,1-6H2,(H,18,21). The summed E-state index contributed by atoms with van der Waals surface area (Å²) in [5, 5.41) is 0. The van der Waals surface area contributed by atoms with Crippen molar-refractivity contribution in [1.82, 2.24) is 14.5 Å². The van der Waals surface area contributed by atoms with Gasteiger partial charge in [0.05, 0.1) is 21.5 Å². The first-order valence-corrected chi connectivity index (χ1v) is 8.68. The molecule has 2 atom stereocenters. The molecule has 2 aromatic rings. The maximum absolute atomic E-state index is 13.9. The molecule has 2 aliphatic heterocycles. The van der Waals surface area contributed by atoms with E-state index in [0.717, 1.165) is 24.0 Å². The number of nitrogens with zero attached hydrogens (tertiary/aromatic N) is 2. The van der Waals surface area contributed by atoms with Crippen molar-refractivity contribution in [3.8, 4) is 0 Å². The summed E-state index contributed by atoms with van der Waals surface area (Å²) < 4.78 is 17.3. The summed E-state index contributed by atoms with van der Waals surface area (Å²) in [6, 6.07) is 4.30. The molecule has 3 heterocycles. The van der Waals surface area contributed by atoms with Gasteiger partial charge in [0.25, 0.3) is 0 Å². The van der Waals surface area contributed by atoms with Crippen LogP contribution >= 0.6 is 28.1 Å². The lowest BCUT2D eigenvalue weighted by atomic mass is 9.99. The van der Waals surface area contributed by atoms with Gasteiger partial charge in [0.2, 0.25) is 0 Å². The minimum Gasteiger partial charge on any atom is -0.331 e. The Labute approximate surface area is 136 Å². The summed E-state index contributed by atoms with van der Waals surface area (Å²) in [7, 11) is 0. The second-order valence-corrected chi connectivity index (χ2v) is 7.28. The number of halogens is 2. The number of piperidine rings is 1. The van der Waals surface area contributed by atoms with E-state index in [4.69, 9.17) is 12.2 Å². The Balaban J connectivity index is 1.84. The Kier molecular flexibility index (Phi) is 3.43. The first-order valence-electron chi connectivity index (χ1n) is 7.48. The molecule has 1 N–H and O–H groups in total. The molecule has 2 fully saturated rings. The summed E-state index contributed by atoms with van der Waals surface area (Å²) in [5.74, 6) is -0.233. The normalized spacial score (nSPS) is 26.4. The van der Waals surface area contributed by atoms with E-state index in [9.17, 15) is 4.39 Å². The van der Waals surface area contributed by atoms with E-state index in [1.54, 1.807) is 12.1 Å². The SMILES string of the molecule is Fc1cc2c(cc1Br)[nH]c(=S)n2C1CCN2CCCCC12. The van der Waals surface area contributed by atoms with Crippen LogP contribution in [0.2, 0.25) is 0 Å². The molecule has 0 saturated carbocycles. The highest BCUT2D eigenvalue weighted by molar-refractivity contribution is 9.10. The van der Waals surface area contributed by atoms with Gasteiger partial charge in [0, 0.05) is 18.7 Å². The van der Waals surface area contributed by atoms with Gasteiger partial charge < -0.3 is 9.55 Å². The third-order valence-corrected chi connectivity index (χ3v) is 5.82. The summed E-state index contributed by atoms with van der Waals surface area (Å²) in [6.07, 6.45) is 4.90. The van der Waals surface area contributed by atoms with Crippen LogP contribution in [0.15, 0.2) is 16.6 Å². The zero-order valence-corrected chi connectivity index (χ0v) is 14.0. The molecule has 1 aromatic heterocycles. The maximum Gasteiger partial charge on any atom is 0.178 e. The van der Waals surface area contributed by atoms with Gasteiger partial charge in [-0.2, -0.15) is 0 Å². The minimum atomic E-state index is -0.233. The van der Waals surface area contributed by atoms with Crippen LogP contribution in [0, 0.1) is 10.6 Å². The molecule has 0 aliphatic carbocycles. The van der Waals surface area contributed by atoms with E-state index in [1.165, 1.54) is 25.8 Å². The molecule has 0 amide bonds. The van der Waals surface area contributed by atoms with Crippen molar-refractivity contribution in [2.24, 2.45) is 0 Å². The Bertz CT molecular complexity index is 753. The van der Waals surface area contributed by atoms with E-state index in [0.29, 0.717) is 21.3 Å². The third kappa shape index (κ3) is 2.19. The molecule has 1 aromatic carbocycles. The average Bonchev–Trinajstić information content (AvgIpc) is 3.00. The number of hydrogen-bond donors (Lipinski definition) is 1. The molecule has 4 rings (SSSR count). The lowest BCUT2D eigenvalue weighted by Gasteiger charge is -2.33. The fourth-order valence-electron chi connectivity index (χ4n) is 3.97. The summed E-state index contributed by atoms with van der Waals surface area (Å²) in [6.45, 7) is 2.32. The van der Waals surface area contributed by atoms with Crippen LogP contribution < -0.4 is 0 Å². The van der Waals surface area contributed by atoms with Gasteiger partial charge in [-0.3, -0.25) is 4.90 Å². The molecule has 6 heteroatoms. The van der Waals surface area contributed by atoms with Gasteiger partial charge in [0.15, 0.2) is 4.77 Å². The van der Waals surface area contributed by atoms with E-state index in [-0.39, 0.29) is 5.82 Å². The number of nitrogens with one attached hydrogen (secondary N) is 1. The monoisotopic (exact) mass is 369 g/mol. The van der Waals surface area contributed by atoms with Crippen LogP contribution in [0.1, 0.15) is 31.7 Å². The minimum absolute atomic E-state index is 0.233. The molecular formula is C15H17BrFN3S. The van der Waals surface area contributed by atoms with Gasteiger partial charge in [-0.05, 0) is 60.0 Å². The summed E-state index contributed by atoms with van der Waals surface area (Å²) in [5.41, 5.74) is 1.79. The van der Waals surface area contributed by atoms with E-state index in [1.807, 2.05) is 0 Å². The molecule has 3 nitrogen and oxygen atoms in total. The molecule has 21 heavy (non-hydrogen) atoms. The number of hydrogen-bond acceptors (Lipinski definition) is 2. The largest absolute Gasteiger partial charge is 0.331 e. The molecule has 2 aliphatic rings.